The normalized spacial score (nSPS) is 16.4. The molecule has 0 aliphatic carbocycles. The van der Waals surface area contributed by atoms with Gasteiger partial charge < -0.3 is 4.74 Å². The number of amides is 1. The van der Waals surface area contributed by atoms with Gasteiger partial charge in [-0.15, -0.1) is 0 Å². The predicted octanol–water partition coefficient (Wildman–Crippen LogP) is 5.76. The number of carbonyl (C=O) groups excluding carboxylic acids is 1. The lowest BCUT2D eigenvalue weighted by Crippen LogP contribution is -2.41. The molecule has 1 aliphatic rings. The number of aromatic nitrogens is 2. The summed E-state index contributed by atoms with van der Waals surface area (Å²) >= 11 is 7.72. The van der Waals surface area contributed by atoms with Crippen molar-refractivity contribution in [3.63, 3.8) is 0 Å². The Morgan fingerprint density at radius 3 is 2.66 bits per heavy atom. The van der Waals surface area contributed by atoms with E-state index in [4.69, 9.17) is 21.3 Å². The number of pyridine rings is 1. The Kier molecular flexibility index (Phi) is 7.67. The van der Waals surface area contributed by atoms with Gasteiger partial charge in [-0.3, -0.25) is 14.7 Å². The van der Waals surface area contributed by atoms with Gasteiger partial charge in [-0.2, -0.15) is 4.31 Å². The average Bonchev–Trinajstić information content (AvgIpc) is 3.39. The first-order valence-corrected chi connectivity index (χ1v) is 14.9. The topological polar surface area (TPSA) is 92.7 Å². The van der Waals surface area contributed by atoms with E-state index in [9.17, 15) is 13.2 Å². The minimum atomic E-state index is -3.64. The van der Waals surface area contributed by atoms with E-state index in [1.54, 1.807) is 59.0 Å². The van der Waals surface area contributed by atoms with Crippen molar-refractivity contribution in [2.45, 2.75) is 43.7 Å². The molecule has 0 saturated carbocycles. The number of sulfonamides is 1. The molecule has 4 aromatic rings. The Morgan fingerprint density at radius 2 is 1.97 bits per heavy atom. The van der Waals surface area contributed by atoms with Gasteiger partial charge in [-0.05, 0) is 67.8 Å². The van der Waals surface area contributed by atoms with Gasteiger partial charge in [0, 0.05) is 30.5 Å². The summed E-state index contributed by atoms with van der Waals surface area (Å²) in [6.07, 6.45) is 6.07. The zero-order valence-electron chi connectivity index (χ0n) is 21.0. The molecular formula is C27H27ClN4O4S2. The van der Waals surface area contributed by atoms with Crippen LogP contribution >= 0.6 is 22.9 Å². The van der Waals surface area contributed by atoms with Crippen LogP contribution < -0.4 is 9.64 Å². The van der Waals surface area contributed by atoms with Gasteiger partial charge in [0.1, 0.15) is 11.3 Å². The summed E-state index contributed by atoms with van der Waals surface area (Å²) in [6, 6.07) is 13.2. The number of hydrogen-bond acceptors (Lipinski definition) is 7. The molecule has 0 N–H and O–H groups in total. The minimum Gasteiger partial charge on any atom is -0.494 e. The van der Waals surface area contributed by atoms with E-state index in [0.29, 0.717) is 38.2 Å². The molecule has 2 aromatic carbocycles. The summed E-state index contributed by atoms with van der Waals surface area (Å²) in [5.41, 5.74) is 1.73. The highest BCUT2D eigenvalue weighted by atomic mass is 35.5. The summed E-state index contributed by atoms with van der Waals surface area (Å²) in [4.78, 5) is 24.4. The molecule has 0 spiro atoms. The first-order valence-electron chi connectivity index (χ1n) is 12.3. The number of anilines is 1. The molecule has 0 radical (unpaired) electrons. The van der Waals surface area contributed by atoms with Crippen molar-refractivity contribution in [2.24, 2.45) is 0 Å². The molecule has 1 amide bonds. The van der Waals surface area contributed by atoms with E-state index in [2.05, 4.69) is 4.98 Å². The third kappa shape index (κ3) is 5.13. The molecule has 2 aromatic heterocycles. The quantitative estimate of drug-likeness (QED) is 0.280. The number of carbonyl (C=O) groups is 1. The second kappa shape index (κ2) is 11.0. The lowest BCUT2D eigenvalue weighted by atomic mass is 10.1. The lowest BCUT2D eigenvalue weighted by molar-refractivity contribution is 0.0985. The monoisotopic (exact) mass is 570 g/mol. The molecule has 11 heteroatoms. The summed E-state index contributed by atoms with van der Waals surface area (Å²) in [6.45, 7) is 2.66. The maximum atomic E-state index is 13.8. The molecule has 5 rings (SSSR count). The highest BCUT2D eigenvalue weighted by Crippen LogP contribution is 2.39. The summed E-state index contributed by atoms with van der Waals surface area (Å²) in [5.74, 6) is 0.237. The number of fused-ring (bicyclic) bond motifs is 1. The number of hydrogen-bond donors (Lipinski definition) is 0. The largest absolute Gasteiger partial charge is 0.494 e. The molecule has 1 unspecified atom stereocenters. The molecule has 1 atom stereocenters. The molecule has 198 valence electrons. The van der Waals surface area contributed by atoms with Gasteiger partial charge in [0.25, 0.3) is 5.91 Å². The van der Waals surface area contributed by atoms with Crippen molar-refractivity contribution >= 4 is 54.2 Å². The van der Waals surface area contributed by atoms with Crippen molar-refractivity contribution in [3.05, 3.63) is 77.1 Å². The van der Waals surface area contributed by atoms with Crippen LogP contribution in [0.15, 0.2) is 65.8 Å². The van der Waals surface area contributed by atoms with Crippen molar-refractivity contribution < 1.29 is 17.9 Å². The van der Waals surface area contributed by atoms with Crippen LogP contribution in [-0.2, 0) is 16.6 Å². The lowest BCUT2D eigenvalue weighted by Gasteiger charge is -2.32. The van der Waals surface area contributed by atoms with Gasteiger partial charge in [0.2, 0.25) is 10.0 Å². The third-order valence-corrected chi connectivity index (χ3v) is 10.2. The maximum Gasteiger partial charge on any atom is 0.260 e. The number of methoxy groups -OCH3 is 1. The van der Waals surface area contributed by atoms with E-state index in [0.717, 1.165) is 24.8 Å². The predicted molar refractivity (Wildman–Crippen MR) is 150 cm³/mol. The third-order valence-electron chi connectivity index (χ3n) is 6.66. The number of piperidine rings is 1. The van der Waals surface area contributed by atoms with E-state index >= 15 is 0 Å². The van der Waals surface area contributed by atoms with Crippen molar-refractivity contribution in [3.8, 4) is 5.75 Å². The first-order chi connectivity index (χ1) is 18.3. The van der Waals surface area contributed by atoms with Crippen LogP contribution in [0.4, 0.5) is 5.13 Å². The van der Waals surface area contributed by atoms with Crippen molar-refractivity contribution in [2.75, 3.05) is 18.6 Å². The van der Waals surface area contributed by atoms with Crippen LogP contribution in [0.1, 0.15) is 42.1 Å². The number of halogens is 1. The van der Waals surface area contributed by atoms with E-state index < -0.39 is 10.0 Å². The molecule has 1 aliphatic heterocycles. The molecular weight excluding hydrogens is 544 g/mol. The highest BCUT2D eigenvalue weighted by molar-refractivity contribution is 7.89. The van der Waals surface area contributed by atoms with Crippen LogP contribution in [0.3, 0.4) is 0 Å². The van der Waals surface area contributed by atoms with E-state index in [1.807, 2.05) is 13.0 Å². The van der Waals surface area contributed by atoms with Crippen LogP contribution in [-0.4, -0.2) is 48.3 Å². The van der Waals surface area contributed by atoms with Crippen LogP contribution in [0.2, 0.25) is 5.02 Å². The highest BCUT2D eigenvalue weighted by Gasteiger charge is 2.31. The number of thiazole rings is 1. The Labute approximate surface area is 230 Å². The second-order valence-electron chi connectivity index (χ2n) is 9.16. The summed E-state index contributed by atoms with van der Waals surface area (Å²) < 4.78 is 34.2. The minimum absolute atomic E-state index is 0.0483. The number of rotatable bonds is 7. The number of benzene rings is 2. The van der Waals surface area contributed by atoms with Gasteiger partial charge >= 0.3 is 0 Å². The second-order valence-corrected chi connectivity index (χ2v) is 12.4. The van der Waals surface area contributed by atoms with E-state index in [1.165, 1.54) is 23.5 Å². The zero-order valence-corrected chi connectivity index (χ0v) is 23.4. The molecule has 3 heterocycles. The SMILES string of the molecule is COc1ccc(Cl)c2sc(N(Cc3cccnc3)C(=O)c3ccc(S(=O)(=O)N4CCCCC4C)cc3)nc12. The molecule has 0 bridgehead atoms. The molecule has 38 heavy (non-hydrogen) atoms. The summed E-state index contributed by atoms with van der Waals surface area (Å²) in [5, 5.41) is 0.957. The fourth-order valence-electron chi connectivity index (χ4n) is 4.61. The van der Waals surface area contributed by atoms with Crippen LogP contribution in [0.5, 0.6) is 5.75 Å². The Hall–Kier alpha value is -3.05. The molecule has 8 nitrogen and oxygen atoms in total. The fraction of sp³-hybridized carbons (Fsp3) is 0.296. The van der Waals surface area contributed by atoms with Crippen LogP contribution in [0, 0.1) is 0 Å². The van der Waals surface area contributed by atoms with Gasteiger partial charge in [0.05, 0.1) is 28.3 Å². The van der Waals surface area contributed by atoms with Gasteiger partial charge in [-0.25, -0.2) is 13.4 Å². The number of ether oxygens (including phenoxy) is 1. The zero-order chi connectivity index (χ0) is 26.9. The van der Waals surface area contributed by atoms with Gasteiger partial charge in [0.15, 0.2) is 5.13 Å². The standard InChI is InChI=1S/C27H27ClN4O4S2/c1-18-6-3-4-15-32(18)38(34,35)21-10-8-20(9-11-21)26(33)31(17-19-7-5-14-29-16-19)27-30-24-23(36-2)13-12-22(28)25(24)37-27/h5,7-14,16,18H,3-4,6,15,17H2,1-2H3. The molecule has 1 fully saturated rings. The number of nitrogens with zero attached hydrogens (tertiary/aromatic N) is 4. The van der Waals surface area contributed by atoms with E-state index in [-0.39, 0.29) is 23.4 Å². The Morgan fingerprint density at radius 1 is 1.18 bits per heavy atom. The Balaban J connectivity index is 1.50. The van der Waals surface area contributed by atoms with Crippen molar-refractivity contribution in [1.29, 1.82) is 0 Å². The fourth-order valence-corrected chi connectivity index (χ4v) is 7.56. The first kappa shape index (κ1) is 26.6. The maximum absolute atomic E-state index is 13.8. The van der Waals surface area contributed by atoms with Crippen LogP contribution in [0.25, 0.3) is 10.2 Å². The smallest absolute Gasteiger partial charge is 0.260 e. The molecule has 1 saturated heterocycles. The van der Waals surface area contributed by atoms with Gasteiger partial charge in [-0.1, -0.05) is 35.4 Å². The van der Waals surface area contributed by atoms with Crippen molar-refractivity contribution in [1.82, 2.24) is 14.3 Å². The summed E-state index contributed by atoms with van der Waals surface area (Å²) in [7, 11) is -2.09. The average molecular weight is 571 g/mol. The Bertz CT molecular complexity index is 1560.